The van der Waals surface area contributed by atoms with E-state index in [-0.39, 0.29) is 17.7 Å². The van der Waals surface area contributed by atoms with E-state index in [1.807, 2.05) is 7.05 Å². The summed E-state index contributed by atoms with van der Waals surface area (Å²) in [7, 11) is 1.83. The van der Waals surface area contributed by atoms with Crippen molar-refractivity contribution in [2.75, 3.05) is 19.5 Å². The van der Waals surface area contributed by atoms with Crippen LogP contribution in [-0.4, -0.2) is 42.2 Å². The lowest BCUT2D eigenvalue weighted by Gasteiger charge is -2.34. The van der Waals surface area contributed by atoms with Gasteiger partial charge in [-0.15, -0.1) is 11.6 Å². The molecule has 0 unspecified atom stereocenters. The minimum absolute atomic E-state index is 0.0490. The van der Waals surface area contributed by atoms with Crippen molar-refractivity contribution in [3.63, 3.8) is 0 Å². The summed E-state index contributed by atoms with van der Waals surface area (Å²) in [6.07, 6.45) is 3.79. The van der Waals surface area contributed by atoms with Crippen molar-refractivity contribution in [2.45, 2.75) is 31.7 Å². The fourth-order valence-electron chi connectivity index (χ4n) is 1.51. The maximum atomic E-state index is 11.6. The van der Waals surface area contributed by atoms with E-state index in [4.69, 9.17) is 11.6 Å². The molecule has 0 heterocycles. The van der Waals surface area contributed by atoms with Gasteiger partial charge in [0.05, 0.1) is 0 Å². The van der Waals surface area contributed by atoms with Crippen molar-refractivity contribution in [3.05, 3.63) is 0 Å². The molecule has 0 aromatic rings. The Morgan fingerprint density at radius 1 is 1.47 bits per heavy atom. The highest BCUT2D eigenvalue weighted by atomic mass is 35.5. The molecule has 1 aliphatic carbocycles. The first-order valence-electron chi connectivity index (χ1n) is 5.23. The van der Waals surface area contributed by atoms with Crippen molar-refractivity contribution in [1.29, 1.82) is 0 Å². The van der Waals surface area contributed by atoms with Gasteiger partial charge in [-0.05, 0) is 19.3 Å². The number of alkyl halides is 1. The van der Waals surface area contributed by atoms with Gasteiger partial charge in [-0.3, -0.25) is 9.59 Å². The molecule has 15 heavy (non-hydrogen) atoms. The van der Waals surface area contributed by atoms with Crippen LogP contribution in [0, 0.1) is 0 Å². The normalized spacial score (nSPS) is 15.6. The number of amides is 2. The van der Waals surface area contributed by atoms with Crippen LogP contribution in [0.3, 0.4) is 0 Å². The van der Waals surface area contributed by atoms with E-state index in [0.29, 0.717) is 19.0 Å². The summed E-state index contributed by atoms with van der Waals surface area (Å²) in [6.45, 7) is 0.376. The van der Waals surface area contributed by atoms with Gasteiger partial charge in [0.15, 0.2) is 0 Å². The summed E-state index contributed by atoms with van der Waals surface area (Å²) < 4.78 is 0. The summed E-state index contributed by atoms with van der Waals surface area (Å²) in [6, 6.07) is 0.418. The lowest BCUT2D eigenvalue weighted by atomic mass is 9.92. The lowest BCUT2D eigenvalue weighted by Crippen LogP contribution is -2.42. The van der Waals surface area contributed by atoms with Crippen LogP contribution < -0.4 is 5.32 Å². The summed E-state index contributed by atoms with van der Waals surface area (Å²) in [5.74, 6) is -0.183. The molecule has 0 aromatic heterocycles. The fourth-order valence-corrected chi connectivity index (χ4v) is 1.60. The Labute approximate surface area is 95.0 Å². The lowest BCUT2D eigenvalue weighted by molar-refractivity contribution is -0.133. The second kappa shape index (κ2) is 5.95. The Balaban J connectivity index is 2.14. The molecular weight excluding hydrogens is 216 g/mol. The highest BCUT2D eigenvalue weighted by Gasteiger charge is 2.24. The van der Waals surface area contributed by atoms with E-state index in [1.54, 1.807) is 4.90 Å². The SMILES string of the molecule is CN(C(=O)CCNC(=O)CCl)C1CCC1. The molecule has 1 rings (SSSR count). The van der Waals surface area contributed by atoms with Gasteiger partial charge in [-0.2, -0.15) is 0 Å². The topological polar surface area (TPSA) is 49.4 Å². The number of carbonyl (C=O) groups is 2. The fraction of sp³-hybridized carbons (Fsp3) is 0.800. The zero-order valence-corrected chi connectivity index (χ0v) is 9.72. The van der Waals surface area contributed by atoms with E-state index < -0.39 is 0 Å². The predicted octanol–water partition coefficient (Wildman–Crippen LogP) is 0.742. The van der Waals surface area contributed by atoms with Crippen molar-refractivity contribution in [2.24, 2.45) is 0 Å². The van der Waals surface area contributed by atoms with Crippen molar-refractivity contribution in [3.8, 4) is 0 Å². The molecule has 0 atom stereocenters. The molecule has 0 aliphatic heterocycles. The molecule has 86 valence electrons. The Bertz CT molecular complexity index is 242. The van der Waals surface area contributed by atoms with E-state index in [0.717, 1.165) is 12.8 Å². The van der Waals surface area contributed by atoms with Gasteiger partial charge < -0.3 is 10.2 Å². The van der Waals surface area contributed by atoms with Crippen LogP contribution in [0.15, 0.2) is 0 Å². The van der Waals surface area contributed by atoms with E-state index in [2.05, 4.69) is 5.32 Å². The zero-order valence-electron chi connectivity index (χ0n) is 8.96. The molecule has 0 aromatic carbocycles. The van der Waals surface area contributed by atoms with Crippen LogP contribution in [0.25, 0.3) is 0 Å². The third-order valence-corrected chi connectivity index (χ3v) is 3.04. The second-order valence-corrected chi connectivity index (χ2v) is 4.09. The summed E-state index contributed by atoms with van der Waals surface area (Å²) >= 11 is 5.30. The van der Waals surface area contributed by atoms with E-state index in [9.17, 15) is 9.59 Å². The standard InChI is InChI=1S/C10H17ClN2O2/c1-13(8-3-2-4-8)10(15)5-6-12-9(14)7-11/h8H,2-7H2,1H3,(H,12,14). The molecule has 1 aliphatic rings. The number of rotatable bonds is 5. The predicted molar refractivity (Wildman–Crippen MR) is 58.8 cm³/mol. The summed E-state index contributed by atoms with van der Waals surface area (Å²) in [4.78, 5) is 24.2. The first kappa shape index (κ1) is 12.3. The number of nitrogens with zero attached hydrogens (tertiary/aromatic N) is 1. The Hall–Kier alpha value is -0.770. The Morgan fingerprint density at radius 3 is 2.60 bits per heavy atom. The van der Waals surface area contributed by atoms with Crippen LogP contribution in [0.2, 0.25) is 0 Å². The molecule has 0 saturated heterocycles. The molecular formula is C10H17ClN2O2. The average Bonchev–Trinajstić information content (AvgIpc) is 2.14. The van der Waals surface area contributed by atoms with Gasteiger partial charge in [0.25, 0.3) is 0 Å². The van der Waals surface area contributed by atoms with Gasteiger partial charge in [-0.25, -0.2) is 0 Å². The minimum atomic E-state index is -0.226. The number of carbonyl (C=O) groups excluding carboxylic acids is 2. The first-order chi connectivity index (χ1) is 7.15. The third-order valence-electron chi connectivity index (χ3n) is 2.80. The highest BCUT2D eigenvalue weighted by Crippen LogP contribution is 2.23. The summed E-state index contributed by atoms with van der Waals surface area (Å²) in [5, 5.41) is 2.57. The smallest absolute Gasteiger partial charge is 0.234 e. The Kier molecular flexibility index (Phi) is 4.88. The van der Waals surface area contributed by atoms with Crippen LogP contribution in [-0.2, 0) is 9.59 Å². The van der Waals surface area contributed by atoms with Gasteiger partial charge in [0.1, 0.15) is 5.88 Å². The van der Waals surface area contributed by atoms with E-state index >= 15 is 0 Å². The molecule has 1 N–H and O–H groups in total. The summed E-state index contributed by atoms with van der Waals surface area (Å²) in [5.41, 5.74) is 0. The number of hydrogen-bond acceptors (Lipinski definition) is 2. The van der Waals surface area contributed by atoms with Gasteiger partial charge >= 0.3 is 0 Å². The first-order valence-corrected chi connectivity index (χ1v) is 5.77. The molecule has 0 spiro atoms. The van der Waals surface area contributed by atoms with Crippen LogP contribution in [0.1, 0.15) is 25.7 Å². The molecule has 4 nitrogen and oxygen atoms in total. The average molecular weight is 233 g/mol. The van der Waals surface area contributed by atoms with Crippen LogP contribution in [0.5, 0.6) is 0 Å². The minimum Gasteiger partial charge on any atom is -0.355 e. The van der Waals surface area contributed by atoms with Crippen molar-refractivity contribution < 1.29 is 9.59 Å². The Morgan fingerprint density at radius 2 is 2.13 bits per heavy atom. The van der Waals surface area contributed by atoms with Gasteiger partial charge in [0, 0.05) is 26.1 Å². The largest absolute Gasteiger partial charge is 0.355 e. The van der Waals surface area contributed by atoms with E-state index in [1.165, 1.54) is 6.42 Å². The number of halogens is 1. The highest BCUT2D eigenvalue weighted by molar-refractivity contribution is 6.27. The molecule has 2 amide bonds. The van der Waals surface area contributed by atoms with Crippen LogP contribution >= 0.6 is 11.6 Å². The maximum absolute atomic E-state index is 11.6. The quantitative estimate of drug-likeness (QED) is 0.711. The van der Waals surface area contributed by atoms with Crippen molar-refractivity contribution in [1.82, 2.24) is 10.2 Å². The number of hydrogen-bond donors (Lipinski definition) is 1. The molecule has 0 bridgehead atoms. The van der Waals surface area contributed by atoms with Crippen LogP contribution in [0.4, 0.5) is 0 Å². The number of nitrogens with one attached hydrogen (secondary N) is 1. The third kappa shape index (κ3) is 3.70. The molecule has 1 fully saturated rings. The molecule has 5 heteroatoms. The maximum Gasteiger partial charge on any atom is 0.234 e. The zero-order chi connectivity index (χ0) is 11.3. The molecule has 1 saturated carbocycles. The van der Waals surface area contributed by atoms with Gasteiger partial charge in [0.2, 0.25) is 11.8 Å². The van der Waals surface area contributed by atoms with Crippen molar-refractivity contribution >= 4 is 23.4 Å². The van der Waals surface area contributed by atoms with Gasteiger partial charge in [-0.1, -0.05) is 0 Å². The second-order valence-electron chi connectivity index (χ2n) is 3.82. The molecule has 0 radical (unpaired) electrons. The monoisotopic (exact) mass is 232 g/mol.